The third-order valence-corrected chi connectivity index (χ3v) is 3.46. The van der Waals surface area contributed by atoms with Gasteiger partial charge in [0.15, 0.2) is 0 Å². The third kappa shape index (κ3) is 4.15. The second kappa shape index (κ2) is 6.27. The Morgan fingerprint density at radius 2 is 1.95 bits per heavy atom. The van der Waals surface area contributed by atoms with Crippen LogP contribution in [0.4, 0.5) is 0 Å². The molecule has 20 heavy (non-hydrogen) atoms. The maximum atomic E-state index is 11.7. The molecule has 1 aliphatic rings. The number of hydrogen-bond donors (Lipinski definition) is 1. The molecule has 0 unspecified atom stereocenters. The van der Waals surface area contributed by atoms with Crippen molar-refractivity contribution in [3.05, 3.63) is 72.2 Å². The van der Waals surface area contributed by atoms with Crippen molar-refractivity contribution in [1.29, 1.82) is 0 Å². The molecular weight excluding hydrogens is 278 g/mol. The summed E-state index contributed by atoms with van der Waals surface area (Å²) in [6.07, 6.45) is 7.46. The summed E-state index contributed by atoms with van der Waals surface area (Å²) in [5.41, 5.74) is 0.967. The molecule has 0 aromatic heterocycles. The normalized spacial score (nSPS) is 17.2. The van der Waals surface area contributed by atoms with Gasteiger partial charge in [0.05, 0.1) is 17.6 Å². The van der Waals surface area contributed by atoms with Crippen LogP contribution in [0.5, 0.6) is 0 Å². The molecule has 2 rings (SSSR count). The lowest BCUT2D eigenvalue weighted by Gasteiger charge is -2.13. The molecule has 0 radical (unpaired) electrons. The fraction of sp³-hybridized carbons (Fsp3) is 0.0769. The highest BCUT2D eigenvalue weighted by molar-refractivity contribution is 7.89. The molecule has 6 nitrogen and oxygen atoms in total. The lowest BCUT2D eigenvalue weighted by atomic mass is 10.2. The van der Waals surface area contributed by atoms with Crippen LogP contribution in [-0.4, -0.2) is 18.7 Å². The van der Waals surface area contributed by atoms with E-state index in [0.717, 1.165) is 5.06 Å². The standard InChI is InChI=1S/C13H13N3O3S/c17-16-9-5-4-8-13(16)10-14-15-20(18,19)11-12-6-2-1-3-7-12/h1-10,17H,11H2/b13-10-,15-14?. The number of benzene rings is 1. The first-order valence-corrected chi connectivity index (χ1v) is 7.40. The highest BCUT2D eigenvalue weighted by atomic mass is 32.2. The smallest absolute Gasteiger partial charge is 0.274 e. The number of sulfonamides is 1. The summed E-state index contributed by atoms with van der Waals surface area (Å²) < 4.78 is 26.8. The Bertz CT molecular complexity index is 676. The van der Waals surface area contributed by atoms with Crippen LogP contribution in [-0.2, 0) is 15.8 Å². The molecule has 0 spiro atoms. The molecule has 0 bridgehead atoms. The van der Waals surface area contributed by atoms with Gasteiger partial charge in [0.2, 0.25) is 0 Å². The van der Waals surface area contributed by atoms with Crippen molar-refractivity contribution in [2.75, 3.05) is 0 Å². The third-order valence-electron chi connectivity index (χ3n) is 2.42. The Labute approximate surface area is 117 Å². The van der Waals surface area contributed by atoms with Gasteiger partial charge in [-0.3, -0.25) is 5.21 Å². The molecule has 0 aliphatic carbocycles. The SMILES string of the molecule is O=S(=O)(Cc1ccccc1)N=N/C=C1/C=CC=CN1O. The van der Waals surface area contributed by atoms with Crippen molar-refractivity contribution < 1.29 is 13.6 Å². The minimum atomic E-state index is -3.68. The first-order valence-electron chi connectivity index (χ1n) is 5.79. The molecule has 7 heteroatoms. The van der Waals surface area contributed by atoms with Gasteiger partial charge in [0.1, 0.15) is 0 Å². The zero-order valence-electron chi connectivity index (χ0n) is 10.5. The Morgan fingerprint density at radius 3 is 2.65 bits per heavy atom. The van der Waals surface area contributed by atoms with Crippen LogP contribution in [0.25, 0.3) is 0 Å². The maximum Gasteiger partial charge on any atom is 0.274 e. The van der Waals surface area contributed by atoms with Gasteiger partial charge in [-0.1, -0.05) is 40.9 Å². The Kier molecular flexibility index (Phi) is 4.44. The van der Waals surface area contributed by atoms with Crippen LogP contribution in [0.2, 0.25) is 0 Å². The topological polar surface area (TPSA) is 82.3 Å². The largest absolute Gasteiger partial charge is 0.284 e. The second-order valence-corrected chi connectivity index (χ2v) is 5.62. The van der Waals surface area contributed by atoms with Crippen LogP contribution < -0.4 is 0 Å². The van der Waals surface area contributed by atoms with Crippen LogP contribution in [0, 0.1) is 0 Å². The van der Waals surface area contributed by atoms with Crippen molar-refractivity contribution in [2.45, 2.75) is 5.75 Å². The highest BCUT2D eigenvalue weighted by Gasteiger charge is 2.09. The second-order valence-electron chi connectivity index (χ2n) is 4.01. The lowest BCUT2D eigenvalue weighted by molar-refractivity contribution is -0.000512. The molecule has 1 aromatic rings. The minimum absolute atomic E-state index is 0.209. The predicted octanol–water partition coefficient (Wildman–Crippen LogP) is 2.58. The van der Waals surface area contributed by atoms with Gasteiger partial charge in [0, 0.05) is 6.20 Å². The maximum absolute atomic E-state index is 11.7. The summed E-state index contributed by atoms with van der Waals surface area (Å²) in [6.45, 7) is 0. The first-order chi connectivity index (χ1) is 9.57. The number of hydroxylamine groups is 2. The molecule has 1 heterocycles. The zero-order valence-corrected chi connectivity index (χ0v) is 11.3. The fourth-order valence-electron chi connectivity index (χ4n) is 1.52. The van der Waals surface area contributed by atoms with Crippen LogP contribution in [0.1, 0.15) is 5.56 Å². The molecule has 0 saturated heterocycles. The van der Waals surface area contributed by atoms with E-state index in [1.165, 1.54) is 12.4 Å². The zero-order chi connectivity index (χ0) is 14.4. The quantitative estimate of drug-likeness (QED) is 0.864. The van der Waals surface area contributed by atoms with Gasteiger partial charge >= 0.3 is 0 Å². The van der Waals surface area contributed by atoms with E-state index in [1.54, 1.807) is 48.6 Å². The van der Waals surface area contributed by atoms with E-state index in [1.807, 2.05) is 0 Å². The minimum Gasteiger partial charge on any atom is -0.284 e. The highest BCUT2D eigenvalue weighted by Crippen LogP contribution is 2.11. The number of allylic oxidation sites excluding steroid dienone is 3. The van der Waals surface area contributed by atoms with Crippen molar-refractivity contribution >= 4 is 10.0 Å². The van der Waals surface area contributed by atoms with Crippen LogP contribution in [0.15, 0.2) is 76.3 Å². The number of rotatable bonds is 4. The van der Waals surface area contributed by atoms with E-state index in [4.69, 9.17) is 0 Å². The lowest BCUT2D eigenvalue weighted by Crippen LogP contribution is -2.10. The van der Waals surface area contributed by atoms with Gasteiger partial charge in [-0.2, -0.15) is 0 Å². The van der Waals surface area contributed by atoms with Crippen molar-refractivity contribution in [3.8, 4) is 0 Å². The Hall–Kier alpha value is -2.25. The van der Waals surface area contributed by atoms with E-state index in [2.05, 4.69) is 9.63 Å². The van der Waals surface area contributed by atoms with Crippen LogP contribution in [0.3, 0.4) is 0 Å². The summed E-state index contributed by atoms with van der Waals surface area (Å²) in [7, 11) is -3.68. The summed E-state index contributed by atoms with van der Waals surface area (Å²) in [6, 6.07) is 8.73. The van der Waals surface area contributed by atoms with Gasteiger partial charge in [0.25, 0.3) is 10.0 Å². The molecule has 104 valence electrons. The summed E-state index contributed by atoms with van der Waals surface area (Å²) in [5, 5.41) is 13.7. The summed E-state index contributed by atoms with van der Waals surface area (Å²) in [4.78, 5) is 0. The van der Waals surface area contributed by atoms with E-state index < -0.39 is 10.0 Å². The van der Waals surface area contributed by atoms with Crippen LogP contribution >= 0.6 is 0 Å². The molecule has 1 N–H and O–H groups in total. The fourth-order valence-corrected chi connectivity index (χ4v) is 2.38. The van der Waals surface area contributed by atoms with Crippen molar-refractivity contribution in [1.82, 2.24) is 5.06 Å². The van der Waals surface area contributed by atoms with E-state index in [-0.39, 0.29) is 5.75 Å². The average Bonchev–Trinajstić information content (AvgIpc) is 2.41. The molecule has 0 saturated carbocycles. The first kappa shape index (κ1) is 14.2. The van der Waals surface area contributed by atoms with E-state index in [0.29, 0.717) is 11.3 Å². The molecule has 1 aliphatic heterocycles. The Balaban J connectivity index is 2.05. The molecule has 0 atom stereocenters. The van der Waals surface area contributed by atoms with Crippen molar-refractivity contribution in [2.24, 2.45) is 9.63 Å². The van der Waals surface area contributed by atoms with Gasteiger partial charge < -0.3 is 0 Å². The molecule has 0 amide bonds. The van der Waals surface area contributed by atoms with Crippen molar-refractivity contribution in [3.63, 3.8) is 0 Å². The summed E-state index contributed by atoms with van der Waals surface area (Å²) >= 11 is 0. The van der Waals surface area contributed by atoms with E-state index in [9.17, 15) is 13.6 Å². The average molecular weight is 291 g/mol. The van der Waals surface area contributed by atoms with E-state index >= 15 is 0 Å². The summed E-state index contributed by atoms with van der Waals surface area (Å²) in [5.74, 6) is -0.209. The van der Waals surface area contributed by atoms with Gasteiger partial charge in [-0.15, -0.1) is 5.11 Å². The van der Waals surface area contributed by atoms with Gasteiger partial charge in [-0.05, 0) is 17.7 Å². The Morgan fingerprint density at radius 1 is 1.20 bits per heavy atom. The molecule has 1 aromatic carbocycles. The predicted molar refractivity (Wildman–Crippen MR) is 73.9 cm³/mol. The van der Waals surface area contributed by atoms with Gasteiger partial charge in [-0.25, -0.2) is 13.5 Å². The number of hydrogen-bond acceptors (Lipinski definition) is 5. The monoisotopic (exact) mass is 291 g/mol. The molecular formula is C13H13N3O3S. The number of nitrogens with zero attached hydrogens (tertiary/aromatic N) is 3. The molecule has 0 fully saturated rings.